The summed E-state index contributed by atoms with van der Waals surface area (Å²) in [6.07, 6.45) is 6.81. The zero-order valence-electron chi connectivity index (χ0n) is 12.5. The Morgan fingerprint density at radius 2 is 2.04 bits per heavy atom. The van der Waals surface area contributed by atoms with Crippen molar-refractivity contribution in [3.63, 3.8) is 0 Å². The second kappa shape index (κ2) is 5.57. The number of sulfone groups is 1. The fraction of sp³-hybridized carbons (Fsp3) is 0.500. The molecule has 0 spiro atoms. The van der Waals surface area contributed by atoms with Crippen molar-refractivity contribution < 1.29 is 8.42 Å². The molecule has 0 radical (unpaired) electrons. The van der Waals surface area contributed by atoms with Crippen LogP contribution in [0.4, 0.5) is 5.82 Å². The first kappa shape index (κ1) is 14.6. The van der Waals surface area contributed by atoms with Crippen LogP contribution in [0.3, 0.4) is 0 Å². The highest BCUT2D eigenvalue weighted by molar-refractivity contribution is 7.94. The average Bonchev–Trinajstić information content (AvgIpc) is 3.14. The van der Waals surface area contributed by atoms with Gasteiger partial charge in [0.25, 0.3) is 0 Å². The van der Waals surface area contributed by atoms with Crippen molar-refractivity contribution in [2.24, 2.45) is 0 Å². The van der Waals surface area contributed by atoms with Gasteiger partial charge in [0.2, 0.25) is 0 Å². The molecule has 2 aliphatic rings. The van der Waals surface area contributed by atoms with E-state index in [9.17, 15) is 8.42 Å². The van der Waals surface area contributed by atoms with Crippen LogP contribution in [0.15, 0.2) is 24.1 Å². The van der Waals surface area contributed by atoms with Crippen LogP contribution >= 0.6 is 0 Å². The zero-order valence-corrected chi connectivity index (χ0v) is 13.3. The smallest absolute Gasteiger partial charge is 0.182 e. The summed E-state index contributed by atoms with van der Waals surface area (Å²) in [5, 5.41) is 4.75. The van der Waals surface area contributed by atoms with Crippen molar-refractivity contribution in [3.8, 4) is 0 Å². The number of nitrogens with one attached hydrogen (secondary N) is 2. The molecule has 0 amide bonds. The minimum atomic E-state index is -3.00. The Balaban J connectivity index is 1.40. The molecule has 1 saturated heterocycles. The van der Waals surface area contributed by atoms with Gasteiger partial charge < -0.3 is 15.2 Å². The van der Waals surface area contributed by atoms with Crippen molar-refractivity contribution in [1.82, 2.24) is 25.3 Å². The number of hydrogen-bond acceptors (Lipinski definition) is 7. The van der Waals surface area contributed by atoms with Gasteiger partial charge in [-0.1, -0.05) is 6.08 Å². The Morgan fingerprint density at radius 3 is 2.78 bits per heavy atom. The minimum absolute atomic E-state index is 0.0603. The van der Waals surface area contributed by atoms with Crippen LogP contribution in [0.5, 0.6) is 0 Å². The van der Waals surface area contributed by atoms with Crippen LogP contribution in [0.2, 0.25) is 0 Å². The van der Waals surface area contributed by atoms with Crippen LogP contribution in [-0.4, -0.2) is 59.3 Å². The van der Waals surface area contributed by atoms with Gasteiger partial charge in [0.15, 0.2) is 21.3 Å². The molecule has 2 aromatic heterocycles. The Labute approximate surface area is 133 Å². The molecule has 0 aliphatic carbocycles. The van der Waals surface area contributed by atoms with Gasteiger partial charge in [-0.05, 0) is 12.8 Å². The van der Waals surface area contributed by atoms with Gasteiger partial charge in [0.05, 0.1) is 12.1 Å². The molecule has 9 heteroatoms. The van der Waals surface area contributed by atoms with Gasteiger partial charge in [-0.15, -0.1) is 0 Å². The quantitative estimate of drug-likeness (QED) is 0.827. The summed E-state index contributed by atoms with van der Waals surface area (Å²) >= 11 is 0. The first-order chi connectivity index (χ1) is 11.1. The lowest BCUT2D eigenvalue weighted by atomic mass is 10.0. The molecule has 122 valence electrons. The topological polar surface area (TPSA) is 104 Å². The standard InChI is InChI=1S/C14H18N6O2S/c21-23(22)6-3-11(7-23)19-10-1-4-20(5-2-10)14-12-13(16-8-15-12)17-9-18-14/h3,6,8-11,19H,1-2,4-5,7H2,(H,15,16,17,18)/t11-/m0/s1. The molecule has 0 saturated carbocycles. The molecule has 0 bridgehead atoms. The van der Waals surface area contributed by atoms with E-state index in [4.69, 9.17) is 0 Å². The molecule has 0 unspecified atom stereocenters. The number of aromatic amines is 1. The molecule has 2 aliphatic heterocycles. The van der Waals surface area contributed by atoms with Crippen LogP contribution in [-0.2, 0) is 9.84 Å². The molecule has 1 atom stereocenters. The molecule has 2 N–H and O–H groups in total. The van der Waals surface area contributed by atoms with E-state index >= 15 is 0 Å². The fourth-order valence-corrected chi connectivity index (χ4v) is 4.48. The number of aromatic nitrogens is 4. The van der Waals surface area contributed by atoms with E-state index in [2.05, 4.69) is 30.2 Å². The molecule has 4 heterocycles. The number of anilines is 1. The Hall–Kier alpha value is -2.00. The van der Waals surface area contributed by atoms with Crippen molar-refractivity contribution in [2.75, 3.05) is 23.7 Å². The van der Waals surface area contributed by atoms with Gasteiger partial charge in [-0.25, -0.2) is 23.4 Å². The molecule has 4 rings (SSSR count). The van der Waals surface area contributed by atoms with Crippen molar-refractivity contribution in [2.45, 2.75) is 24.9 Å². The maximum atomic E-state index is 11.5. The molecule has 23 heavy (non-hydrogen) atoms. The molecule has 0 aromatic carbocycles. The summed E-state index contributed by atoms with van der Waals surface area (Å²) in [5.41, 5.74) is 1.54. The Morgan fingerprint density at radius 1 is 1.22 bits per heavy atom. The predicted molar refractivity (Wildman–Crippen MR) is 86.8 cm³/mol. The average molecular weight is 334 g/mol. The lowest BCUT2D eigenvalue weighted by Gasteiger charge is -2.34. The first-order valence-electron chi connectivity index (χ1n) is 7.67. The third-order valence-corrected chi connectivity index (χ3v) is 5.77. The summed E-state index contributed by atoms with van der Waals surface area (Å²) in [7, 11) is -3.00. The second-order valence-corrected chi connectivity index (χ2v) is 7.92. The molecule has 8 nitrogen and oxygen atoms in total. The summed E-state index contributed by atoms with van der Waals surface area (Å²) in [4.78, 5) is 18.0. The van der Waals surface area contributed by atoms with Gasteiger partial charge in [-0.2, -0.15) is 0 Å². The van der Waals surface area contributed by atoms with E-state index in [1.807, 2.05) is 0 Å². The van der Waals surface area contributed by atoms with Gasteiger partial charge in [0, 0.05) is 30.6 Å². The monoisotopic (exact) mass is 334 g/mol. The highest BCUT2D eigenvalue weighted by Crippen LogP contribution is 2.23. The van der Waals surface area contributed by atoms with Gasteiger partial charge in [0.1, 0.15) is 11.8 Å². The highest BCUT2D eigenvalue weighted by atomic mass is 32.2. The van der Waals surface area contributed by atoms with E-state index in [-0.39, 0.29) is 11.8 Å². The van der Waals surface area contributed by atoms with Crippen molar-refractivity contribution >= 4 is 26.8 Å². The van der Waals surface area contributed by atoms with E-state index in [0.29, 0.717) is 11.7 Å². The SMILES string of the molecule is O=S1(=O)C=C[C@H](NC2CCN(c3ncnc4nc[nH]c34)CC2)C1. The van der Waals surface area contributed by atoms with Gasteiger partial charge in [-0.3, -0.25) is 0 Å². The first-order valence-corrected chi connectivity index (χ1v) is 9.38. The number of rotatable bonds is 3. The lowest BCUT2D eigenvalue weighted by molar-refractivity contribution is 0.400. The summed E-state index contributed by atoms with van der Waals surface area (Å²) < 4.78 is 22.9. The second-order valence-electron chi connectivity index (χ2n) is 5.99. The van der Waals surface area contributed by atoms with Crippen LogP contribution in [0.1, 0.15) is 12.8 Å². The van der Waals surface area contributed by atoms with Gasteiger partial charge >= 0.3 is 0 Å². The van der Waals surface area contributed by atoms with E-state index < -0.39 is 9.84 Å². The van der Waals surface area contributed by atoms with Crippen molar-refractivity contribution in [1.29, 1.82) is 0 Å². The summed E-state index contributed by atoms with van der Waals surface area (Å²) in [6.45, 7) is 1.73. The van der Waals surface area contributed by atoms with E-state index in [1.165, 1.54) is 11.7 Å². The third-order valence-electron chi connectivity index (χ3n) is 4.38. The predicted octanol–water partition coefficient (Wildman–Crippen LogP) is 0.222. The van der Waals surface area contributed by atoms with Crippen molar-refractivity contribution in [3.05, 3.63) is 24.1 Å². The van der Waals surface area contributed by atoms with E-state index in [1.54, 1.807) is 12.4 Å². The van der Waals surface area contributed by atoms with Crippen LogP contribution in [0.25, 0.3) is 11.2 Å². The number of H-pyrrole nitrogens is 1. The fourth-order valence-electron chi connectivity index (χ4n) is 3.23. The normalized spacial score (nSPS) is 24.5. The number of fused-ring (bicyclic) bond motifs is 1. The minimum Gasteiger partial charge on any atom is -0.355 e. The number of hydrogen-bond donors (Lipinski definition) is 2. The maximum Gasteiger partial charge on any atom is 0.182 e. The highest BCUT2D eigenvalue weighted by Gasteiger charge is 2.27. The van der Waals surface area contributed by atoms with Crippen LogP contribution < -0.4 is 10.2 Å². The molecule has 1 fully saturated rings. The van der Waals surface area contributed by atoms with E-state index in [0.717, 1.165) is 37.3 Å². The Kier molecular flexibility index (Phi) is 3.53. The molecular weight excluding hydrogens is 316 g/mol. The third kappa shape index (κ3) is 2.93. The number of imidazole rings is 1. The maximum absolute atomic E-state index is 11.5. The Bertz CT molecular complexity index is 838. The summed E-state index contributed by atoms with van der Waals surface area (Å²) in [5.74, 6) is 1.06. The van der Waals surface area contributed by atoms with Crippen LogP contribution in [0, 0.1) is 0 Å². The summed E-state index contributed by atoms with van der Waals surface area (Å²) in [6, 6.07) is 0.267. The zero-order chi connectivity index (χ0) is 15.9. The molecular formula is C14H18N6O2S. The largest absolute Gasteiger partial charge is 0.355 e. The number of nitrogens with zero attached hydrogens (tertiary/aromatic N) is 4. The lowest BCUT2D eigenvalue weighted by Crippen LogP contribution is -2.46. The molecule has 2 aromatic rings. The number of piperidine rings is 1.